The van der Waals surface area contributed by atoms with Gasteiger partial charge in [0.25, 0.3) is 0 Å². The Balaban J connectivity index is 2.10. The molecule has 0 aliphatic carbocycles. The van der Waals surface area contributed by atoms with Crippen molar-refractivity contribution < 1.29 is 4.74 Å². The molecule has 1 aliphatic heterocycles. The summed E-state index contributed by atoms with van der Waals surface area (Å²) in [4.78, 5) is 2.47. The first kappa shape index (κ1) is 14.8. The van der Waals surface area contributed by atoms with Crippen molar-refractivity contribution in [3.05, 3.63) is 34.9 Å². The van der Waals surface area contributed by atoms with Crippen LogP contribution in [0.3, 0.4) is 0 Å². The second kappa shape index (κ2) is 6.71. The summed E-state index contributed by atoms with van der Waals surface area (Å²) in [6.07, 6.45) is 0.183. The Bertz CT molecular complexity index is 394. The third-order valence-corrected chi connectivity index (χ3v) is 4.02. The van der Waals surface area contributed by atoms with Gasteiger partial charge in [-0.15, -0.1) is 0 Å². The van der Waals surface area contributed by atoms with Crippen molar-refractivity contribution in [2.45, 2.75) is 32.0 Å². The maximum absolute atomic E-state index is 5.96. The van der Waals surface area contributed by atoms with Gasteiger partial charge >= 0.3 is 0 Å². The summed E-state index contributed by atoms with van der Waals surface area (Å²) in [5.41, 5.74) is 1.22. The maximum Gasteiger partial charge on any atom is 0.0896 e. The number of ether oxygens (including phenoxy) is 1. The zero-order chi connectivity index (χ0) is 13.8. The molecule has 1 aromatic carbocycles. The van der Waals surface area contributed by atoms with Gasteiger partial charge in [-0.25, -0.2) is 0 Å². The van der Waals surface area contributed by atoms with Gasteiger partial charge in [-0.2, -0.15) is 0 Å². The lowest BCUT2D eigenvalue weighted by atomic mass is 10.00. The molecule has 4 heteroatoms. The van der Waals surface area contributed by atoms with Gasteiger partial charge in [0.1, 0.15) is 0 Å². The van der Waals surface area contributed by atoms with Crippen LogP contribution in [-0.2, 0) is 4.74 Å². The van der Waals surface area contributed by atoms with Crippen molar-refractivity contribution in [3.63, 3.8) is 0 Å². The molecule has 3 nitrogen and oxygen atoms in total. The minimum absolute atomic E-state index is 0.183. The first-order valence-corrected chi connectivity index (χ1v) is 7.28. The van der Waals surface area contributed by atoms with Gasteiger partial charge in [-0.05, 0) is 38.6 Å². The smallest absolute Gasteiger partial charge is 0.0896 e. The summed E-state index contributed by atoms with van der Waals surface area (Å²) in [6, 6.07) is 8.78. The van der Waals surface area contributed by atoms with Crippen LogP contribution >= 0.6 is 11.6 Å². The standard InChI is InChI=1S/C15H23ClN2O/c1-11(2)18-8-9-19-14(10-18)15(17-3)12-4-6-13(16)7-5-12/h4-7,11,14-15,17H,8-10H2,1-3H3. The monoisotopic (exact) mass is 282 g/mol. The summed E-state index contributed by atoms with van der Waals surface area (Å²) >= 11 is 5.95. The normalized spacial score (nSPS) is 22.7. The van der Waals surface area contributed by atoms with Crippen LogP contribution in [0.2, 0.25) is 5.02 Å². The molecule has 0 aromatic heterocycles. The number of nitrogens with one attached hydrogen (secondary N) is 1. The van der Waals surface area contributed by atoms with Gasteiger partial charge in [0.2, 0.25) is 0 Å². The van der Waals surface area contributed by atoms with Crippen molar-refractivity contribution in [2.24, 2.45) is 0 Å². The van der Waals surface area contributed by atoms with Crippen molar-refractivity contribution in [1.29, 1.82) is 0 Å². The lowest BCUT2D eigenvalue weighted by molar-refractivity contribution is -0.0550. The fourth-order valence-electron chi connectivity index (χ4n) is 2.60. The highest BCUT2D eigenvalue weighted by atomic mass is 35.5. The van der Waals surface area contributed by atoms with Gasteiger partial charge in [0.15, 0.2) is 0 Å². The molecule has 0 spiro atoms. The van der Waals surface area contributed by atoms with E-state index >= 15 is 0 Å². The Kier molecular flexibility index (Phi) is 5.22. The van der Waals surface area contributed by atoms with E-state index in [2.05, 4.69) is 36.2 Å². The summed E-state index contributed by atoms with van der Waals surface area (Å²) in [5, 5.41) is 4.14. The summed E-state index contributed by atoms with van der Waals surface area (Å²) in [6.45, 7) is 7.25. The van der Waals surface area contributed by atoms with Crippen molar-refractivity contribution in [2.75, 3.05) is 26.7 Å². The quantitative estimate of drug-likeness (QED) is 0.919. The predicted molar refractivity (Wildman–Crippen MR) is 79.7 cm³/mol. The second-order valence-corrected chi connectivity index (χ2v) is 5.75. The molecule has 1 aromatic rings. The highest BCUT2D eigenvalue weighted by Crippen LogP contribution is 2.24. The van der Waals surface area contributed by atoms with E-state index in [1.807, 2.05) is 19.2 Å². The zero-order valence-corrected chi connectivity index (χ0v) is 12.7. The van der Waals surface area contributed by atoms with Crippen molar-refractivity contribution in [1.82, 2.24) is 10.2 Å². The van der Waals surface area contributed by atoms with Crippen LogP contribution in [0.4, 0.5) is 0 Å². The van der Waals surface area contributed by atoms with E-state index in [9.17, 15) is 0 Å². The molecule has 0 saturated carbocycles. The Morgan fingerprint density at radius 3 is 2.58 bits per heavy atom. The zero-order valence-electron chi connectivity index (χ0n) is 11.9. The molecule has 1 heterocycles. The molecule has 2 atom stereocenters. The van der Waals surface area contributed by atoms with Crippen LogP contribution in [0.15, 0.2) is 24.3 Å². The highest BCUT2D eigenvalue weighted by molar-refractivity contribution is 6.30. The molecule has 2 rings (SSSR count). The molecule has 1 aliphatic rings. The minimum Gasteiger partial charge on any atom is -0.374 e. The number of benzene rings is 1. The lowest BCUT2D eigenvalue weighted by Gasteiger charge is -2.39. The molecule has 19 heavy (non-hydrogen) atoms. The van der Waals surface area contributed by atoms with E-state index in [0.29, 0.717) is 6.04 Å². The van der Waals surface area contributed by atoms with Gasteiger partial charge in [0, 0.05) is 24.2 Å². The Labute approximate surface area is 120 Å². The molecule has 0 bridgehead atoms. The maximum atomic E-state index is 5.96. The third-order valence-electron chi connectivity index (χ3n) is 3.77. The van der Waals surface area contributed by atoms with Crippen LogP contribution in [0.5, 0.6) is 0 Å². The Hall–Kier alpha value is -0.610. The molecule has 1 fully saturated rings. The van der Waals surface area contributed by atoms with Crippen molar-refractivity contribution >= 4 is 11.6 Å². The fourth-order valence-corrected chi connectivity index (χ4v) is 2.73. The van der Waals surface area contributed by atoms with Gasteiger partial charge in [-0.3, -0.25) is 4.90 Å². The predicted octanol–water partition coefficient (Wildman–Crippen LogP) is 2.71. The van der Waals surface area contributed by atoms with Crippen molar-refractivity contribution in [3.8, 4) is 0 Å². The summed E-state index contributed by atoms with van der Waals surface area (Å²) < 4.78 is 5.96. The molecule has 0 radical (unpaired) electrons. The van der Waals surface area contributed by atoms with Gasteiger partial charge < -0.3 is 10.1 Å². The van der Waals surface area contributed by atoms with E-state index < -0.39 is 0 Å². The minimum atomic E-state index is 0.183. The summed E-state index contributed by atoms with van der Waals surface area (Å²) in [5.74, 6) is 0. The molecule has 1 N–H and O–H groups in total. The number of likely N-dealkylation sites (N-methyl/N-ethyl adjacent to an activating group) is 1. The van der Waals surface area contributed by atoms with E-state index in [1.165, 1.54) is 5.56 Å². The van der Waals surface area contributed by atoms with E-state index in [-0.39, 0.29) is 12.1 Å². The van der Waals surface area contributed by atoms with Gasteiger partial charge in [0.05, 0.1) is 18.8 Å². The first-order valence-electron chi connectivity index (χ1n) is 6.90. The second-order valence-electron chi connectivity index (χ2n) is 5.32. The average Bonchev–Trinajstić information content (AvgIpc) is 2.42. The number of hydrogen-bond acceptors (Lipinski definition) is 3. The topological polar surface area (TPSA) is 24.5 Å². The third kappa shape index (κ3) is 3.69. The number of rotatable bonds is 4. The van der Waals surface area contributed by atoms with E-state index in [0.717, 1.165) is 24.7 Å². The SMILES string of the molecule is CNC(c1ccc(Cl)cc1)C1CN(C(C)C)CCO1. The van der Waals surface area contributed by atoms with Crippen LogP contribution in [0.25, 0.3) is 0 Å². The van der Waals surface area contributed by atoms with E-state index in [4.69, 9.17) is 16.3 Å². The van der Waals surface area contributed by atoms with Gasteiger partial charge in [-0.1, -0.05) is 23.7 Å². The Morgan fingerprint density at radius 2 is 2.00 bits per heavy atom. The van der Waals surface area contributed by atoms with Crippen LogP contribution < -0.4 is 5.32 Å². The first-order chi connectivity index (χ1) is 9.11. The summed E-state index contributed by atoms with van der Waals surface area (Å²) in [7, 11) is 1.98. The largest absolute Gasteiger partial charge is 0.374 e. The fraction of sp³-hybridized carbons (Fsp3) is 0.600. The molecular formula is C15H23ClN2O. The van der Waals surface area contributed by atoms with E-state index in [1.54, 1.807) is 0 Å². The lowest BCUT2D eigenvalue weighted by Crippen LogP contribution is -2.49. The molecular weight excluding hydrogens is 260 g/mol. The molecule has 2 unspecified atom stereocenters. The van der Waals surface area contributed by atoms with Crippen LogP contribution in [0, 0.1) is 0 Å². The molecule has 106 valence electrons. The number of morpholine rings is 1. The average molecular weight is 283 g/mol. The highest BCUT2D eigenvalue weighted by Gasteiger charge is 2.29. The van der Waals surface area contributed by atoms with Crippen LogP contribution in [-0.4, -0.2) is 43.8 Å². The number of nitrogens with zero attached hydrogens (tertiary/aromatic N) is 1. The number of halogens is 1. The molecule has 1 saturated heterocycles. The van der Waals surface area contributed by atoms with Crippen LogP contribution in [0.1, 0.15) is 25.5 Å². The Morgan fingerprint density at radius 1 is 1.32 bits per heavy atom. The molecule has 0 amide bonds. The number of hydrogen-bond donors (Lipinski definition) is 1.